The minimum atomic E-state index is -1.17. The highest BCUT2D eigenvalue weighted by atomic mass is 16.6. The molecule has 8 heteroatoms. The summed E-state index contributed by atoms with van der Waals surface area (Å²) in [5.41, 5.74) is -0.326. The molecule has 0 aliphatic carbocycles. The van der Waals surface area contributed by atoms with Gasteiger partial charge in [-0.2, -0.15) is 0 Å². The predicted octanol–water partition coefficient (Wildman–Crippen LogP) is 0.760. The van der Waals surface area contributed by atoms with Crippen LogP contribution < -0.4 is 4.74 Å². The van der Waals surface area contributed by atoms with Crippen LogP contribution in [0.3, 0.4) is 0 Å². The highest BCUT2D eigenvalue weighted by Gasteiger charge is 2.20. The van der Waals surface area contributed by atoms with Crippen molar-refractivity contribution in [1.29, 1.82) is 0 Å². The molecule has 0 bridgehead atoms. The summed E-state index contributed by atoms with van der Waals surface area (Å²) in [7, 11) is 2.58. The van der Waals surface area contributed by atoms with Crippen LogP contribution >= 0.6 is 0 Å². The van der Waals surface area contributed by atoms with E-state index in [1.165, 1.54) is 26.3 Å². The van der Waals surface area contributed by atoms with Crippen molar-refractivity contribution >= 4 is 17.6 Å². The summed E-state index contributed by atoms with van der Waals surface area (Å²) < 4.78 is 4.81. The topological polar surface area (TPSA) is 110 Å². The molecule has 0 saturated heterocycles. The Bertz CT molecular complexity index is 528. The second-order valence-corrected chi connectivity index (χ2v) is 3.70. The Morgan fingerprint density at radius 3 is 2.58 bits per heavy atom. The van der Waals surface area contributed by atoms with E-state index in [1.54, 1.807) is 0 Å². The van der Waals surface area contributed by atoms with Gasteiger partial charge in [0.15, 0.2) is 5.75 Å². The SMILES string of the molecule is COc1ccc(C(=O)N(C)CC(=O)O)cc1[N+](=O)[O-]. The van der Waals surface area contributed by atoms with Gasteiger partial charge >= 0.3 is 11.7 Å². The monoisotopic (exact) mass is 268 g/mol. The van der Waals surface area contributed by atoms with Crippen molar-refractivity contribution in [2.45, 2.75) is 0 Å². The van der Waals surface area contributed by atoms with Gasteiger partial charge in [-0.05, 0) is 12.1 Å². The predicted molar refractivity (Wildman–Crippen MR) is 64.2 cm³/mol. The van der Waals surface area contributed by atoms with Crippen LogP contribution in [0.5, 0.6) is 5.75 Å². The molecule has 1 aromatic carbocycles. The van der Waals surface area contributed by atoms with Gasteiger partial charge in [0.1, 0.15) is 6.54 Å². The van der Waals surface area contributed by atoms with E-state index >= 15 is 0 Å². The molecule has 0 unspecified atom stereocenters. The third-order valence-electron chi connectivity index (χ3n) is 2.34. The number of aliphatic carboxylic acids is 1. The lowest BCUT2D eigenvalue weighted by atomic mass is 10.1. The number of amides is 1. The van der Waals surface area contributed by atoms with Gasteiger partial charge < -0.3 is 14.7 Å². The van der Waals surface area contributed by atoms with Gasteiger partial charge in [-0.3, -0.25) is 19.7 Å². The first-order valence-corrected chi connectivity index (χ1v) is 5.16. The van der Waals surface area contributed by atoms with Crippen molar-refractivity contribution in [3.8, 4) is 5.75 Å². The Balaban J connectivity index is 3.08. The second-order valence-electron chi connectivity index (χ2n) is 3.70. The summed E-state index contributed by atoms with van der Waals surface area (Å²) in [5.74, 6) is -1.76. The third kappa shape index (κ3) is 3.41. The number of methoxy groups -OCH3 is 1. The number of carboxylic acid groups (broad SMARTS) is 1. The van der Waals surface area contributed by atoms with E-state index in [1.807, 2.05) is 0 Å². The van der Waals surface area contributed by atoms with Crippen molar-refractivity contribution in [2.75, 3.05) is 20.7 Å². The highest BCUT2D eigenvalue weighted by Crippen LogP contribution is 2.27. The molecule has 1 amide bonds. The number of nitrogens with zero attached hydrogens (tertiary/aromatic N) is 2. The average molecular weight is 268 g/mol. The van der Waals surface area contributed by atoms with E-state index < -0.39 is 23.3 Å². The van der Waals surface area contributed by atoms with Gasteiger partial charge in [-0.15, -0.1) is 0 Å². The van der Waals surface area contributed by atoms with Crippen LogP contribution in [-0.4, -0.2) is 47.5 Å². The van der Waals surface area contributed by atoms with Crippen molar-refractivity contribution in [3.05, 3.63) is 33.9 Å². The fourth-order valence-corrected chi connectivity index (χ4v) is 1.46. The summed E-state index contributed by atoms with van der Waals surface area (Å²) in [6.45, 7) is -0.487. The molecule has 8 nitrogen and oxygen atoms in total. The molecule has 102 valence electrons. The molecule has 0 aromatic heterocycles. The summed E-state index contributed by atoms with van der Waals surface area (Å²) in [5, 5.41) is 19.4. The molecule has 0 saturated carbocycles. The van der Waals surface area contributed by atoms with Crippen LogP contribution in [0.1, 0.15) is 10.4 Å². The number of rotatable bonds is 5. The van der Waals surface area contributed by atoms with E-state index in [0.29, 0.717) is 0 Å². The molecular weight excluding hydrogens is 256 g/mol. The van der Waals surface area contributed by atoms with Crippen LogP contribution in [0.2, 0.25) is 0 Å². The Labute approximate surface area is 108 Å². The largest absolute Gasteiger partial charge is 0.490 e. The minimum absolute atomic E-state index is 0.0243. The zero-order chi connectivity index (χ0) is 14.6. The van der Waals surface area contributed by atoms with Crippen molar-refractivity contribution in [1.82, 2.24) is 4.90 Å². The molecule has 0 atom stereocenters. The normalized spacial score (nSPS) is 9.79. The maximum Gasteiger partial charge on any atom is 0.323 e. The lowest BCUT2D eigenvalue weighted by Crippen LogP contribution is -2.31. The first kappa shape index (κ1) is 14.4. The summed E-state index contributed by atoms with van der Waals surface area (Å²) in [6.07, 6.45) is 0. The smallest absolute Gasteiger partial charge is 0.323 e. The zero-order valence-corrected chi connectivity index (χ0v) is 10.3. The first-order chi connectivity index (χ1) is 8.86. The van der Waals surface area contributed by atoms with Crippen molar-refractivity contribution < 1.29 is 24.4 Å². The van der Waals surface area contributed by atoms with Gasteiger partial charge in [0.25, 0.3) is 5.91 Å². The number of ether oxygens (including phenoxy) is 1. The Morgan fingerprint density at radius 1 is 1.47 bits per heavy atom. The quantitative estimate of drug-likeness (QED) is 0.623. The molecule has 1 rings (SSSR count). The Hall–Kier alpha value is -2.64. The maximum atomic E-state index is 11.9. The number of nitro groups is 1. The number of benzene rings is 1. The minimum Gasteiger partial charge on any atom is -0.490 e. The number of hydrogen-bond donors (Lipinski definition) is 1. The average Bonchev–Trinajstić information content (AvgIpc) is 2.36. The Morgan fingerprint density at radius 2 is 2.11 bits per heavy atom. The van der Waals surface area contributed by atoms with E-state index in [4.69, 9.17) is 9.84 Å². The summed E-state index contributed by atoms with van der Waals surface area (Å²) in [4.78, 5) is 33.4. The molecule has 0 fully saturated rings. The molecule has 0 spiro atoms. The fraction of sp³-hybridized carbons (Fsp3) is 0.273. The number of carboxylic acids is 1. The number of hydrogen-bond acceptors (Lipinski definition) is 5. The van der Waals surface area contributed by atoms with Crippen LogP contribution in [-0.2, 0) is 4.79 Å². The first-order valence-electron chi connectivity index (χ1n) is 5.16. The van der Waals surface area contributed by atoms with Crippen molar-refractivity contribution in [3.63, 3.8) is 0 Å². The molecule has 19 heavy (non-hydrogen) atoms. The van der Waals surface area contributed by atoms with Gasteiger partial charge in [0.05, 0.1) is 12.0 Å². The van der Waals surface area contributed by atoms with E-state index in [-0.39, 0.29) is 17.0 Å². The fourth-order valence-electron chi connectivity index (χ4n) is 1.46. The molecule has 1 aromatic rings. The lowest BCUT2D eigenvalue weighted by molar-refractivity contribution is -0.385. The maximum absolute atomic E-state index is 11.9. The second kappa shape index (κ2) is 5.80. The number of carbonyl (C=O) groups excluding carboxylic acids is 1. The van der Waals surface area contributed by atoms with Gasteiger partial charge in [-0.25, -0.2) is 0 Å². The van der Waals surface area contributed by atoms with E-state index in [0.717, 1.165) is 11.0 Å². The Kier molecular flexibility index (Phi) is 4.41. The van der Waals surface area contributed by atoms with Gasteiger partial charge in [-0.1, -0.05) is 0 Å². The third-order valence-corrected chi connectivity index (χ3v) is 2.34. The summed E-state index contributed by atoms with van der Waals surface area (Å²) >= 11 is 0. The van der Waals surface area contributed by atoms with Gasteiger partial charge in [0.2, 0.25) is 0 Å². The zero-order valence-electron chi connectivity index (χ0n) is 10.3. The number of likely N-dealkylation sites (N-methyl/N-ethyl adjacent to an activating group) is 1. The molecule has 0 heterocycles. The molecule has 0 radical (unpaired) electrons. The highest BCUT2D eigenvalue weighted by molar-refractivity contribution is 5.96. The van der Waals surface area contributed by atoms with Crippen LogP contribution in [0.25, 0.3) is 0 Å². The number of nitro benzene ring substituents is 1. The molecule has 0 aliphatic rings. The molecule has 0 aliphatic heterocycles. The molecular formula is C11H12N2O6. The van der Waals surface area contributed by atoms with Crippen molar-refractivity contribution in [2.24, 2.45) is 0 Å². The number of carbonyl (C=O) groups is 2. The van der Waals surface area contributed by atoms with Crippen LogP contribution in [0.4, 0.5) is 5.69 Å². The van der Waals surface area contributed by atoms with E-state index in [2.05, 4.69) is 0 Å². The lowest BCUT2D eigenvalue weighted by Gasteiger charge is -2.14. The van der Waals surface area contributed by atoms with E-state index in [9.17, 15) is 19.7 Å². The summed E-state index contributed by atoms with van der Waals surface area (Å²) in [6, 6.07) is 3.69. The van der Waals surface area contributed by atoms with Crippen LogP contribution in [0, 0.1) is 10.1 Å². The van der Waals surface area contributed by atoms with Gasteiger partial charge in [0, 0.05) is 18.7 Å². The van der Waals surface area contributed by atoms with Crippen LogP contribution in [0.15, 0.2) is 18.2 Å². The molecule has 1 N–H and O–H groups in total. The standard InChI is InChI=1S/C11H12N2O6/c1-12(6-10(14)15)11(16)7-3-4-9(19-2)8(5-7)13(17)18/h3-5H,6H2,1-2H3,(H,14,15).